The first kappa shape index (κ1) is 21.5. The molecule has 0 aliphatic carbocycles. The fourth-order valence-corrected chi connectivity index (χ4v) is 3.45. The van der Waals surface area contributed by atoms with Crippen LogP contribution in [-0.4, -0.2) is 57.5 Å². The maximum absolute atomic E-state index is 11.6. The summed E-state index contributed by atoms with van der Waals surface area (Å²) >= 11 is 1.46. The molecule has 0 atom stereocenters. The second kappa shape index (κ2) is 10.0. The molecule has 30 heavy (non-hydrogen) atoms. The molecule has 0 bridgehead atoms. The van der Waals surface area contributed by atoms with E-state index in [2.05, 4.69) is 39.2 Å². The molecule has 0 spiro atoms. The largest absolute Gasteiger partial charge is 0.453 e. The van der Waals surface area contributed by atoms with Crippen LogP contribution in [0.25, 0.3) is 22.9 Å². The molecule has 0 fully saturated rings. The summed E-state index contributed by atoms with van der Waals surface area (Å²) < 4.78 is 7.69. The smallest absolute Gasteiger partial charge is 0.209 e. The standard InChI is InChI=1S/C21H25N6O2S/c1-5-11-27(4)26-19(22-3)13-30-21-23-20(24-25-21)18-10-9-17(29-18)16-8-6-7-15(12-16)14(2)28/h6-10,12H,4-5,11,13H2,1-3H3,(H,22,26)(H,23,24,25)/q+1. The highest BCUT2D eigenvalue weighted by Gasteiger charge is 2.14. The van der Waals surface area contributed by atoms with E-state index in [0.29, 0.717) is 33.8 Å². The van der Waals surface area contributed by atoms with Crippen molar-refractivity contribution in [3.05, 3.63) is 42.0 Å². The molecule has 0 saturated carbocycles. The Labute approximate surface area is 179 Å². The van der Waals surface area contributed by atoms with E-state index in [0.717, 1.165) is 24.4 Å². The van der Waals surface area contributed by atoms with Crippen LogP contribution in [0.3, 0.4) is 0 Å². The Morgan fingerprint density at radius 2 is 2.13 bits per heavy atom. The Hall–Kier alpha value is -3.20. The van der Waals surface area contributed by atoms with Gasteiger partial charge in [-0.3, -0.25) is 14.9 Å². The van der Waals surface area contributed by atoms with E-state index in [1.807, 2.05) is 30.3 Å². The van der Waals surface area contributed by atoms with Gasteiger partial charge in [0.25, 0.3) is 0 Å². The fraction of sp³-hybridized carbons (Fsp3) is 0.286. The number of aliphatic imine (C=N–C) groups is 1. The van der Waals surface area contributed by atoms with Gasteiger partial charge in [0.2, 0.25) is 5.16 Å². The number of hydrazine groups is 1. The Morgan fingerprint density at radius 3 is 2.87 bits per heavy atom. The van der Waals surface area contributed by atoms with Crippen molar-refractivity contribution in [1.29, 1.82) is 0 Å². The van der Waals surface area contributed by atoms with Crippen molar-refractivity contribution >= 4 is 30.1 Å². The minimum Gasteiger partial charge on any atom is -0.453 e. The third kappa shape index (κ3) is 5.44. The number of aromatic nitrogens is 3. The van der Waals surface area contributed by atoms with E-state index in [4.69, 9.17) is 4.42 Å². The van der Waals surface area contributed by atoms with Gasteiger partial charge in [0.05, 0.1) is 5.75 Å². The normalized spacial score (nSPS) is 11.5. The zero-order valence-electron chi connectivity index (χ0n) is 17.3. The minimum absolute atomic E-state index is 0.0154. The molecule has 156 valence electrons. The number of thioether (sulfide) groups is 1. The molecule has 2 N–H and O–H groups in total. The van der Waals surface area contributed by atoms with Gasteiger partial charge < -0.3 is 4.42 Å². The molecular formula is C21H25N6O2S+. The predicted molar refractivity (Wildman–Crippen MR) is 119 cm³/mol. The maximum atomic E-state index is 11.6. The van der Waals surface area contributed by atoms with E-state index in [1.54, 1.807) is 24.7 Å². The number of rotatable bonds is 9. The van der Waals surface area contributed by atoms with E-state index in [9.17, 15) is 4.79 Å². The summed E-state index contributed by atoms with van der Waals surface area (Å²) in [6.07, 6.45) is 0.995. The van der Waals surface area contributed by atoms with Crippen LogP contribution < -0.4 is 5.43 Å². The van der Waals surface area contributed by atoms with Crippen LogP contribution in [0.2, 0.25) is 0 Å². The highest BCUT2D eigenvalue weighted by molar-refractivity contribution is 7.99. The van der Waals surface area contributed by atoms with Gasteiger partial charge in [-0.2, -0.15) is 10.4 Å². The molecule has 3 aromatic rings. The van der Waals surface area contributed by atoms with E-state index in [-0.39, 0.29) is 5.78 Å². The van der Waals surface area contributed by atoms with Gasteiger partial charge >= 0.3 is 0 Å². The summed E-state index contributed by atoms with van der Waals surface area (Å²) in [6.45, 7) is 8.38. The molecule has 0 aliphatic rings. The van der Waals surface area contributed by atoms with Gasteiger partial charge in [-0.1, -0.05) is 36.9 Å². The van der Waals surface area contributed by atoms with Crippen molar-refractivity contribution < 1.29 is 13.9 Å². The van der Waals surface area contributed by atoms with Crippen LogP contribution in [0.1, 0.15) is 30.6 Å². The number of hydrogen-bond donors (Lipinski definition) is 2. The van der Waals surface area contributed by atoms with Gasteiger partial charge in [0.15, 0.2) is 36.5 Å². The lowest BCUT2D eigenvalue weighted by Gasteiger charge is -2.04. The molecule has 0 unspecified atom stereocenters. The number of H-pyrrole nitrogens is 1. The van der Waals surface area contributed by atoms with Crippen molar-refractivity contribution in [2.45, 2.75) is 25.4 Å². The molecule has 9 heteroatoms. The Balaban J connectivity index is 1.66. The fourth-order valence-electron chi connectivity index (χ4n) is 2.72. The predicted octanol–water partition coefficient (Wildman–Crippen LogP) is 3.68. The highest BCUT2D eigenvalue weighted by atomic mass is 32.2. The van der Waals surface area contributed by atoms with Crippen LogP contribution in [0.4, 0.5) is 0 Å². The summed E-state index contributed by atoms with van der Waals surface area (Å²) in [5, 5.41) is 7.74. The van der Waals surface area contributed by atoms with Crippen molar-refractivity contribution in [2.24, 2.45) is 4.99 Å². The van der Waals surface area contributed by atoms with E-state index in [1.165, 1.54) is 11.8 Å². The van der Waals surface area contributed by atoms with Crippen LogP contribution >= 0.6 is 11.8 Å². The van der Waals surface area contributed by atoms with Crippen molar-refractivity contribution in [1.82, 2.24) is 20.6 Å². The molecular weight excluding hydrogens is 400 g/mol. The SMILES string of the molecule is C=[N+](CCC)NC(CSc1n[nH]c(-c2ccc(-c3cccc(C(C)=O)c3)o2)n1)=NC. The number of amidine groups is 1. The lowest BCUT2D eigenvalue weighted by atomic mass is 10.1. The third-order valence-electron chi connectivity index (χ3n) is 4.25. The summed E-state index contributed by atoms with van der Waals surface area (Å²) in [5.41, 5.74) is 4.63. The summed E-state index contributed by atoms with van der Waals surface area (Å²) in [6, 6.07) is 11.0. The second-order valence-corrected chi connectivity index (χ2v) is 7.54. The van der Waals surface area contributed by atoms with Crippen molar-refractivity contribution in [3.63, 3.8) is 0 Å². The van der Waals surface area contributed by atoms with Crippen LogP contribution in [-0.2, 0) is 0 Å². The molecule has 2 aromatic heterocycles. The quantitative estimate of drug-likeness (QED) is 0.135. The van der Waals surface area contributed by atoms with Crippen LogP contribution in [0, 0.1) is 0 Å². The monoisotopic (exact) mass is 425 g/mol. The van der Waals surface area contributed by atoms with Crippen LogP contribution in [0.5, 0.6) is 0 Å². The molecule has 1 aromatic carbocycles. The number of nitrogens with zero attached hydrogens (tertiary/aromatic N) is 4. The number of ketones is 1. The number of nitrogens with one attached hydrogen (secondary N) is 2. The van der Waals surface area contributed by atoms with Crippen molar-refractivity contribution in [3.8, 4) is 22.9 Å². The molecule has 0 radical (unpaired) electrons. The lowest BCUT2D eigenvalue weighted by Crippen LogP contribution is -2.35. The Kier molecular flexibility index (Phi) is 7.18. The average Bonchev–Trinajstić information content (AvgIpc) is 3.41. The first-order valence-corrected chi connectivity index (χ1v) is 10.6. The van der Waals surface area contributed by atoms with Crippen LogP contribution in [0.15, 0.2) is 51.0 Å². The molecule has 0 saturated heterocycles. The number of carbonyl (C=O) groups excluding carboxylic acids is 1. The summed E-state index contributed by atoms with van der Waals surface area (Å²) in [5.74, 6) is 3.17. The number of benzene rings is 1. The lowest BCUT2D eigenvalue weighted by molar-refractivity contribution is -0.562. The summed E-state index contributed by atoms with van der Waals surface area (Å²) in [7, 11) is 1.73. The maximum Gasteiger partial charge on any atom is 0.209 e. The number of hydrazone groups is 1. The zero-order chi connectivity index (χ0) is 21.5. The van der Waals surface area contributed by atoms with Crippen molar-refractivity contribution in [2.75, 3.05) is 19.3 Å². The Morgan fingerprint density at radius 1 is 1.33 bits per heavy atom. The van der Waals surface area contributed by atoms with Gasteiger partial charge in [-0.15, -0.1) is 9.78 Å². The molecule has 8 nitrogen and oxygen atoms in total. The molecule has 2 heterocycles. The highest BCUT2D eigenvalue weighted by Crippen LogP contribution is 2.28. The molecule has 0 amide bonds. The topological polar surface area (TPSA) is 99.2 Å². The van der Waals surface area contributed by atoms with Gasteiger partial charge in [0, 0.05) is 24.6 Å². The zero-order valence-corrected chi connectivity index (χ0v) is 18.1. The minimum atomic E-state index is 0.0154. The number of hydrogen-bond acceptors (Lipinski definition) is 6. The van der Waals surface area contributed by atoms with Gasteiger partial charge in [0.1, 0.15) is 5.76 Å². The number of carbonyl (C=O) groups is 1. The summed E-state index contributed by atoms with van der Waals surface area (Å²) in [4.78, 5) is 20.3. The number of aromatic amines is 1. The first-order valence-electron chi connectivity index (χ1n) is 9.57. The number of furan rings is 1. The molecule has 0 aliphatic heterocycles. The second-order valence-electron chi connectivity index (χ2n) is 6.60. The van der Waals surface area contributed by atoms with E-state index >= 15 is 0 Å². The third-order valence-corrected chi connectivity index (χ3v) is 5.11. The average molecular weight is 426 g/mol. The van der Waals surface area contributed by atoms with Gasteiger partial charge in [-0.05, 0) is 25.1 Å². The van der Waals surface area contributed by atoms with E-state index < -0.39 is 0 Å². The first-order chi connectivity index (χ1) is 14.5. The number of Topliss-reactive ketones (excluding diaryl/α,β-unsaturated/α-hetero) is 1. The molecule has 3 rings (SSSR count). The Bertz CT molecular complexity index is 1070. The van der Waals surface area contributed by atoms with Gasteiger partial charge in [-0.25, -0.2) is 0 Å².